The number of carbonyl (C=O) groups is 2. The summed E-state index contributed by atoms with van der Waals surface area (Å²) >= 11 is 0. The molecule has 2 aliphatic rings. The van der Waals surface area contributed by atoms with Crippen molar-refractivity contribution in [2.24, 2.45) is 23.5 Å². The molecule has 2 fully saturated rings. The standard InChI is InChI=1S/C35H43N9O2/c1-43-15-17-44(18-16-43)33-22-29(13-14-37-33)28-4-2-3-25(19-28)20-30(21-32(45)26-7-5-24(23-36)6-8-26)35(46)38-31-11-9-27(10-12-31)34-39-41-42-40-34/h2-4,9-14,19,22,24,26,30H,5-8,15-18,20-21,23,36H2,1H3,(H,38,46)(H,39,40,41,42)/t24?,26?,30-/m1/s1. The van der Waals surface area contributed by atoms with E-state index in [9.17, 15) is 9.59 Å². The molecule has 1 amide bonds. The van der Waals surface area contributed by atoms with E-state index in [1.54, 1.807) is 0 Å². The predicted molar refractivity (Wildman–Crippen MR) is 179 cm³/mol. The van der Waals surface area contributed by atoms with Crippen molar-refractivity contribution < 1.29 is 9.59 Å². The Morgan fingerprint density at radius 3 is 2.43 bits per heavy atom. The lowest BCUT2D eigenvalue weighted by atomic mass is 9.77. The zero-order valence-electron chi connectivity index (χ0n) is 26.4. The number of ketones is 1. The van der Waals surface area contributed by atoms with Gasteiger partial charge in [0.25, 0.3) is 0 Å². The molecule has 0 bridgehead atoms. The Kier molecular flexibility index (Phi) is 10.1. The van der Waals surface area contributed by atoms with Crippen molar-refractivity contribution in [2.45, 2.75) is 38.5 Å². The smallest absolute Gasteiger partial charge is 0.228 e. The monoisotopic (exact) mass is 621 g/mol. The maximum absolute atomic E-state index is 13.8. The number of carbonyl (C=O) groups excluding carboxylic acids is 2. The average molecular weight is 622 g/mol. The lowest BCUT2D eigenvalue weighted by molar-refractivity contribution is -0.129. The Hall–Kier alpha value is -4.48. The SMILES string of the molecule is CN1CCN(c2cc(-c3cccc(C[C@H](CC(=O)C4CCC(CN)CC4)C(=O)Nc4ccc(-c5nn[nH]n5)cc4)c3)ccn2)CC1. The normalized spacial score (nSPS) is 19.5. The predicted octanol–water partition coefficient (Wildman–Crippen LogP) is 4.20. The number of hydrogen-bond donors (Lipinski definition) is 3. The highest BCUT2D eigenvalue weighted by molar-refractivity contribution is 5.96. The van der Waals surface area contributed by atoms with E-state index in [1.165, 1.54) is 0 Å². The first-order chi connectivity index (χ1) is 22.4. The van der Waals surface area contributed by atoms with Crippen LogP contribution in [0.3, 0.4) is 0 Å². The number of amides is 1. The number of tetrazole rings is 1. The van der Waals surface area contributed by atoms with Gasteiger partial charge >= 0.3 is 0 Å². The van der Waals surface area contributed by atoms with Crippen molar-refractivity contribution in [3.8, 4) is 22.5 Å². The number of nitrogens with two attached hydrogens (primary N) is 1. The van der Waals surface area contributed by atoms with Crippen molar-refractivity contribution in [2.75, 3.05) is 50.0 Å². The van der Waals surface area contributed by atoms with E-state index in [1.807, 2.05) is 48.7 Å². The second-order valence-corrected chi connectivity index (χ2v) is 12.7. The summed E-state index contributed by atoms with van der Waals surface area (Å²) in [6.45, 7) is 4.60. The fourth-order valence-electron chi connectivity index (χ4n) is 6.59. The molecule has 0 spiro atoms. The maximum Gasteiger partial charge on any atom is 0.228 e. The molecule has 4 aromatic rings. The highest BCUT2D eigenvalue weighted by atomic mass is 16.2. The third kappa shape index (κ3) is 7.83. The number of H-pyrrole nitrogens is 1. The molecule has 2 aromatic heterocycles. The molecule has 1 saturated carbocycles. The van der Waals surface area contributed by atoms with Gasteiger partial charge in [-0.3, -0.25) is 9.59 Å². The second kappa shape index (κ2) is 14.7. The van der Waals surface area contributed by atoms with Crippen LogP contribution in [0.2, 0.25) is 0 Å². The number of Topliss-reactive ketones (excluding diaryl/α,β-unsaturated/α-hetero) is 1. The largest absolute Gasteiger partial charge is 0.354 e. The van der Waals surface area contributed by atoms with Crippen molar-refractivity contribution in [1.29, 1.82) is 0 Å². The van der Waals surface area contributed by atoms with Crippen LogP contribution in [0.1, 0.15) is 37.7 Å². The highest BCUT2D eigenvalue weighted by Crippen LogP contribution is 2.32. The van der Waals surface area contributed by atoms with Gasteiger partial charge in [-0.1, -0.05) is 24.3 Å². The van der Waals surface area contributed by atoms with E-state index in [-0.39, 0.29) is 24.0 Å². The average Bonchev–Trinajstić information content (AvgIpc) is 3.64. The summed E-state index contributed by atoms with van der Waals surface area (Å²) in [7, 11) is 2.15. The van der Waals surface area contributed by atoms with Crippen molar-refractivity contribution >= 4 is 23.2 Å². The number of anilines is 2. The third-order valence-corrected chi connectivity index (χ3v) is 9.52. The first kappa shape index (κ1) is 31.5. The Bertz CT molecular complexity index is 1590. The molecular formula is C35H43N9O2. The molecule has 1 aliphatic carbocycles. The molecule has 0 unspecified atom stereocenters. The van der Waals surface area contributed by atoms with Gasteiger partial charge in [-0.25, -0.2) is 4.98 Å². The van der Waals surface area contributed by atoms with Crippen molar-refractivity contribution in [3.05, 3.63) is 72.4 Å². The lowest BCUT2D eigenvalue weighted by Gasteiger charge is -2.33. The van der Waals surface area contributed by atoms with Gasteiger partial charge in [-0.05, 0) is 110 Å². The summed E-state index contributed by atoms with van der Waals surface area (Å²) in [6, 6.07) is 19.8. The summed E-state index contributed by atoms with van der Waals surface area (Å²) < 4.78 is 0. The highest BCUT2D eigenvalue weighted by Gasteiger charge is 2.30. The topological polar surface area (TPSA) is 146 Å². The number of benzene rings is 2. The number of rotatable bonds is 11. The number of nitrogens with one attached hydrogen (secondary N) is 2. The summed E-state index contributed by atoms with van der Waals surface area (Å²) in [6.07, 6.45) is 6.17. The molecule has 1 atom stereocenters. The molecule has 6 rings (SSSR count). The van der Waals surface area contributed by atoms with E-state index in [4.69, 9.17) is 5.73 Å². The molecule has 1 saturated heterocycles. The summed E-state index contributed by atoms with van der Waals surface area (Å²) in [4.78, 5) is 36.7. The molecule has 3 heterocycles. The molecular weight excluding hydrogens is 578 g/mol. The van der Waals surface area contributed by atoms with Gasteiger partial charge in [0.05, 0.1) is 0 Å². The molecule has 11 heteroatoms. The van der Waals surface area contributed by atoms with E-state index in [0.29, 0.717) is 30.4 Å². The number of piperazine rings is 1. The number of pyridine rings is 1. The molecule has 46 heavy (non-hydrogen) atoms. The van der Waals surface area contributed by atoms with Gasteiger partial charge < -0.3 is 20.9 Å². The van der Waals surface area contributed by atoms with Crippen LogP contribution in [0.4, 0.5) is 11.5 Å². The summed E-state index contributed by atoms with van der Waals surface area (Å²) in [5.41, 5.74) is 10.5. The van der Waals surface area contributed by atoms with Crippen LogP contribution in [0.15, 0.2) is 66.9 Å². The van der Waals surface area contributed by atoms with Gasteiger partial charge in [0.2, 0.25) is 11.7 Å². The molecule has 240 valence electrons. The minimum absolute atomic E-state index is 0.0107. The minimum atomic E-state index is -0.509. The van der Waals surface area contributed by atoms with Crippen LogP contribution in [0, 0.1) is 17.8 Å². The van der Waals surface area contributed by atoms with Crippen LogP contribution in [0.25, 0.3) is 22.5 Å². The van der Waals surface area contributed by atoms with E-state index < -0.39 is 5.92 Å². The zero-order valence-corrected chi connectivity index (χ0v) is 26.4. The number of aromatic amines is 1. The molecule has 1 aliphatic heterocycles. The zero-order chi connectivity index (χ0) is 31.9. The van der Waals surface area contributed by atoms with Crippen molar-refractivity contribution in [1.82, 2.24) is 30.5 Å². The fourth-order valence-corrected chi connectivity index (χ4v) is 6.59. The number of likely N-dealkylation sites (N-methyl/N-ethyl adjacent to an activating group) is 1. The summed E-state index contributed by atoms with van der Waals surface area (Å²) in [5.74, 6) is 1.44. The third-order valence-electron chi connectivity index (χ3n) is 9.52. The Balaban J connectivity index is 1.19. The second-order valence-electron chi connectivity index (χ2n) is 12.7. The van der Waals surface area contributed by atoms with Gasteiger partial charge in [0, 0.05) is 61.9 Å². The van der Waals surface area contributed by atoms with Crippen LogP contribution in [-0.4, -0.2) is 82.0 Å². The Labute approximate surface area is 270 Å². The van der Waals surface area contributed by atoms with E-state index >= 15 is 0 Å². The minimum Gasteiger partial charge on any atom is -0.354 e. The van der Waals surface area contributed by atoms with Gasteiger partial charge in [0.15, 0.2) is 0 Å². The van der Waals surface area contributed by atoms with Gasteiger partial charge in [0.1, 0.15) is 11.6 Å². The van der Waals surface area contributed by atoms with Crippen LogP contribution in [0.5, 0.6) is 0 Å². The number of hydrogen-bond acceptors (Lipinski definition) is 9. The molecule has 0 radical (unpaired) electrons. The molecule has 11 nitrogen and oxygen atoms in total. The fraction of sp³-hybridized carbons (Fsp3) is 0.429. The summed E-state index contributed by atoms with van der Waals surface area (Å²) in [5, 5.41) is 17.2. The first-order valence-corrected chi connectivity index (χ1v) is 16.3. The Morgan fingerprint density at radius 1 is 0.957 bits per heavy atom. The van der Waals surface area contributed by atoms with Gasteiger partial charge in [-0.2, -0.15) is 5.21 Å². The van der Waals surface area contributed by atoms with E-state index in [0.717, 1.165) is 79.9 Å². The molecule has 4 N–H and O–H groups in total. The molecule has 2 aromatic carbocycles. The van der Waals surface area contributed by atoms with E-state index in [2.05, 4.69) is 66.0 Å². The quantitative estimate of drug-likeness (QED) is 0.224. The number of aromatic nitrogens is 5. The van der Waals surface area contributed by atoms with Gasteiger partial charge in [-0.15, -0.1) is 10.2 Å². The lowest BCUT2D eigenvalue weighted by Crippen LogP contribution is -2.44. The van der Waals surface area contributed by atoms with Crippen LogP contribution >= 0.6 is 0 Å². The number of nitrogens with zero attached hydrogens (tertiary/aromatic N) is 6. The first-order valence-electron chi connectivity index (χ1n) is 16.3. The van der Waals surface area contributed by atoms with Crippen LogP contribution < -0.4 is 16.0 Å². The van der Waals surface area contributed by atoms with Crippen LogP contribution in [-0.2, 0) is 16.0 Å². The van der Waals surface area contributed by atoms with Crippen molar-refractivity contribution in [3.63, 3.8) is 0 Å². The Morgan fingerprint density at radius 2 is 1.72 bits per heavy atom. The maximum atomic E-state index is 13.8.